The molecule has 0 radical (unpaired) electrons. The molecule has 0 N–H and O–H groups in total. The van der Waals surface area contributed by atoms with Crippen LogP contribution in [0.2, 0.25) is 0 Å². The number of hydrogen-bond donors (Lipinski definition) is 0. The topological polar surface area (TPSA) is 12.9 Å². The standard InChI is InChI=1S/C6H6BrN.Zn/c1-5-3-2-4-8-6(5)7;/h2-4H,1H3;. The Morgan fingerprint density at radius 1 is 1.56 bits per heavy atom. The maximum atomic E-state index is 4.00. The SMILES string of the molecule is Cc1cccnc1Br.[Zn]. The van der Waals surface area contributed by atoms with E-state index in [-0.39, 0.29) is 19.5 Å². The molecule has 0 atom stereocenters. The van der Waals surface area contributed by atoms with Gasteiger partial charge in [0.1, 0.15) is 4.60 Å². The van der Waals surface area contributed by atoms with E-state index in [2.05, 4.69) is 20.9 Å². The van der Waals surface area contributed by atoms with Crippen molar-refractivity contribution in [2.45, 2.75) is 6.92 Å². The molecular formula is C6H6BrNZn. The van der Waals surface area contributed by atoms with Gasteiger partial charge in [-0.25, -0.2) is 4.98 Å². The molecule has 1 heterocycles. The van der Waals surface area contributed by atoms with Gasteiger partial charge < -0.3 is 0 Å². The molecule has 0 saturated carbocycles. The van der Waals surface area contributed by atoms with Gasteiger partial charge in [-0.1, -0.05) is 6.07 Å². The van der Waals surface area contributed by atoms with Crippen molar-refractivity contribution >= 4 is 15.9 Å². The summed E-state index contributed by atoms with van der Waals surface area (Å²) in [6.07, 6.45) is 1.76. The van der Waals surface area contributed by atoms with Crippen LogP contribution < -0.4 is 0 Å². The third-order valence-electron chi connectivity index (χ3n) is 0.946. The molecule has 3 heteroatoms. The summed E-state index contributed by atoms with van der Waals surface area (Å²) in [5.41, 5.74) is 1.17. The normalized spacial score (nSPS) is 8.22. The van der Waals surface area contributed by atoms with Gasteiger partial charge in [0.15, 0.2) is 0 Å². The van der Waals surface area contributed by atoms with Crippen LogP contribution in [-0.2, 0) is 19.5 Å². The molecule has 1 aromatic heterocycles. The largest absolute Gasteiger partial charge is 0.249 e. The van der Waals surface area contributed by atoms with Crippen LogP contribution >= 0.6 is 15.9 Å². The molecule has 0 unspecified atom stereocenters. The van der Waals surface area contributed by atoms with Crippen LogP contribution in [0.5, 0.6) is 0 Å². The Bertz CT molecular complexity index is 169. The molecule has 0 fully saturated rings. The van der Waals surface area contributed by atoms with Crippen molar-refractivity contribution < 1.29 is 19.5 Å². The molecule has 0 aliphatic rings. The van der Waals surface area contributed by atoms with E-state index in [0.29, 0.717) is 0 Å². The van der Waals surface area contributed by atoms with Crippen molar-refractivity contribution in [2.75, 3.05) is 0 Å². The maximum absolute atomic E-state index is 4.00. The first-order valence-corrected chi connectivity index (χ1v) is 3.17. The monoisotopic (exact) mass is 235 g/mol. The molecule has 0 amide bonds. The molecule has 0 aliphatic heterocycles. The van der Waals surface area contributed by atoms with Crippen molar-refractivity contribution in [2.24, 2.45) is 0 Å². The molecule has 1 aromatic rings. The minimum absolute atomic E-state index is 0. The van der Waals surface area contributed by atoms with Crippen LogP contribution in [0.25, 0.3) is 0 Å². The summed E-state index contributed by atoms with van der Waals surface area (Å²) in [7, 11) is 0. The summed E-state index contributed by atoms with van der Waals surface area (Å²) < 4.78 is 0.931. The average Bonchev–Trinajstić information content (AvgIpc) is 1.77. The van der Waals surface area contributed by atoms with E-state index in [0.717, 1.165) is 4.60 Å². The Morgan fingerprint density at radius 2 is 2.22 bits per heavy atom. The maximum Gasteiger partial charge on any atom is 0.108 e. The molecule has 44 valence electrons. The van der Waals surface area contributed by atoms with Gasteiger partial charge in [0.25, 0.3) is 0 Å². The Hall–Kier alpha value is 0.253. The number of aromatic nitrogens is 1. The Morgan fingerprint density at radius 3 is 2.56 bits per heavy atom. The zero-order chi connectivity index (χ0) is 5.98. The van der Waals surface area contributed by atoms with E-state index in [4.69, 9.17) is 0 Å². The van der Waals surface area contributed by atoms with Gasteiger partial charge in [-0.2, -0.15) is 0 Å². The fourth-order valence-electron chi connectivity index (χ4n) is 0.466. The first-order valence-electron chi connectivity index (χ1n) is 2.38. The van der Waals surface area contributed by atoms with E-state index < -0.39 is 0 Å². The van der Waals surface area contributed by atoms with Gasteiger partial charge in [-0.3, -0.25) is 0 Å². The zero-order valence-electron chi connectivity index (χ0n) is 5.26. The molecule has 1 rings (SSSR count). The Balaban J connectivity index is 0.000000640. The second-order valence-electron chi connectivity index (χ2n) is 1.61. The first kappa shape index (κ1) is 9.25. The van der Waals surface area contributed by atoms with Crippen LogP contribution in [0.1, 0.15) is 5.56 Å². The molecule has 0 bridgehead atoms. The number of nitrogens with zero attached hydrogens (tertiary/aromatic N) is 1. The third kappa shape index (κ3) is 2.55. The quantitative estimate of drug-likeness (QED) is 0.498. The summed E-state index contributed by atoms with van der Waals surface area (Å²) in [4.78, 5) is 4.00. The molecule has 0 aromatic carbocycles. The summed E-state index contributed by atoms with van der Waals surface area (Å²) in [6, 6.07) is 3.93. The van der Waals surface area contributed by atoms with Gasteiger partial charge in [0, 0.05) is 25.7 Å². The molecule has 1 nitrogen and oxygen atoms in total. The number of hydrogen-bond acceptors (Lipinski definition) is 1. The fourth-order valence-corrected chi connectivity index (χ4v) is 0.717. The van der Waals surface area contributed by atoms with Crippen molar-refractivity contribution in [3.05, 3.63) is 28.5 Å². The second-order valence-corrected chi connectivity index (χ2v) is 2.36. The predicted octanol–water partition coefficient (Wildman–Crippen LogP) is 2.15. The number of aryl methyl sites for hydroxylation is 1. The average molecular weight is 237 g/mol. The van der Waals surface area contributed by atoms with Crippen LogP contribution in [-0.4, -0.2) is 4.98 Å². The number of halogens is 1. The summed E-state index contributed by atoms with van der Waals surface area (Å²) in [6.45, 7) is 2.01. The number of rotatable bonds is 0. The smallest absolute Gasteiger partial charge is 0.108 e. The Kier molecular flexibility index (Phi) is 4.25. The van der Waals surface area contributed by atoms with Gasteiger partial charge in [0.05, 0.1) is 0 Å². The Labute approximate surface area is 75.8 Å². The van der Waals surface area contributed by atoms with Crippen molar-refractivity contribution in [1.82, 2.24) is 4.98 Å². The third-order valence-corrected chi connectivity index (χ3v) is 1.78. The molecule has 0 aliphatic carbocycles. The minimum atomic E-state index is 0. The van der Waals surface area contributed by atoms with Crippen LogP contribution in [0.3, 0.4) is 0 Å². The molecule has 0 saturated heterocycles. The van der Waals surface area contributed by atoms with Crippen LogP contribution in [0.4, 0.5) is 0 Å². The van der Waals surface area contributed by atoms with Crippen LogP contribution in [0, 0.1) is 6.92 Å². The second kappa shape index (κ2) is 4.13. The first-order chi connectivity index (χ1) is 3.80. The zero-order valence-corrected chi connectivity index (χ0v) is 9.82. The van der Waals surface area contributed by atoms with E-state index in [9.17, 15) is 0 Å². The van der Waals surface area contributed by atoms with Crippen molar-refractivity contribution in [1.29, 1.82) is 0 Å². The molecular weight excluding hydrogens is 231 g/mol. The molecule has 9 heavy (non-hydrogen) atoms. The predicted molar refractivity (Wildman–Crippen MR) is 36.7 cm³/mol. The summed E-state index contributed by atoms with van der Waals surface area (Å²) in [5.74, 6) is 0. The summed E-state index contributed by atoms with van der Waals surface area (Å²) in [5, 5.41) is 0. The van der Waals surface area contributed by atoms with Gasteiger partial charge >= 0.3 is 0 Å². The fraction of sp³-hybridized carbons (Fsp3) is 0.167. The van der Waals surface area contributed by atoms with E-state index in [1.807, 2.05) is 19.1 Å². The molecule has 0 spiro atoms. The minimum Gasteiger partial charge on any atom is -0.249 e. The van der Waals surface area contributed by atoms with E-state index >= 15 is 0 Å². The van der Waals surface area contributed by atoms with Gasteiger partial charge in [0.2, 0.25) is 0 Å². The number of pyridine rings is 1. The van der Waals surface area contributed by atoms with Crippen LogP contribution in [0.15, 0.2) is 22.9 Å². The summed E-state index contributed by atoms with van der Waals surface area (Å²) >= 11 is 3.28. The van der Waals surface area contributed by atoms with Crippen molar-refractivity contribution in [3.8, 4) is 0 Å². The van der Waals surface area contributed by atoms with E-state index in [1.54, 1.807) is 6.20 Å². The van der Waals surface area contributed by atoms with Crippen molar-refractivity contribution in [3.63, 3.8) is 0 Å². The van der Waals surface area contributed by atoms with E-state index in [1.165, 1.54) is 5.56 Å². The van der Waals surface area contributed by atoms with Gasteiger partial charge in [-0.05, 0) is 34.5 Å². The van der Waals surface area contributed by atoms with Gasteiger partial charge in [-0.15, -0.1) is 0 Å².